The molecule has 1 N–H and O–H groups in total. The lowest BCUT2D eigenvalue weighted by Gasteiger charge is -2.30. The van der Waals surface area contributed by atoms with E-state index in [9.17, 15) is 20.0 Å². The van der Waals surface area contributed by atoms with Gasteiger partial charge in [-0.25, -0.2) is 0 Å². The maximum Gasteiger partial charge on any atom is 0.300 e. The second kappa shape index (κ2) is 5.54. The number of β-amino-alcohol motifs (C(OH)–C–C–N with tert-alkyl or cyclic N) is 1. The van der Waals surface area contributed by atoms with Crippen LogP contribution < -0.4 is 0 Å². The molecule has 7 heteroatoms. The molecule has 102 valence electrons. The van der Waals surface area contributed by atoms with Gasteiger partial charge in [0.05, 0.1) is 11.0 Å². The van der Waals surface area contributed by atoms with Gasteiger partial charge >= 0.3 is 5.69 Å². The number of hydrogen-bond acceptors (Lipinski definition) is 4. The molecule has 0 spiro atoms. The van der Waals surface area contributed by atoms with Crippen molar-refractivity contribution in [3.05, 3.63) is 38.9 Å². The van der Waals surface area contributed by atoms with E-state index in [1.807, 2.05) is 0 Å². The zero-order valence-electron chi connectivity index (χ0n) is 10.1. The number of carbonyl (C=O) groups is 1. The van der Waals surface area contributed by atoms with Crippen LogP contribution in [0, 0.1) is 10.1 Å². The minimum Gasteiger partial charge on any atom is -0.391 e. The largest absolute Gasteiger partial charge is 0.391 e. The summed E-state index contributed by atoms with van der Waals surface area (Å²) in [5, 5.41) is 20.5. The number of nitro benzene ring substituents is 1. The van der Waals surface area contributed by atoms with Crippen molar-refractivity contribution in [1.82, 2.24) is 4.90 Å². The number of aliphatic hydroxyl groups is 1. The first-order chi connectivity index (χ1) is 9.00. The van der Waals surface area contributed by atoms with Crippen molar-refractivity contribution in [3.63, 3.8) is 0 Å². The lowest BCUT2D eigenvalue weighted by molar-refractivity contribution is -0.385. The summed E-state index contributed by atoms with van der Waals surface area (Å²) < 4.78 is 0. The smallest absolute Gasteiger partial charge is 0.300 e. The Kier molecular flexibility index (Phi) is 4.01. The van der Waals surface area contributed by atoms with Crippen LogP contribution in [0.4, 0.5) is 5.69 Å². The van der Waals surface area contributed by atoms with Crippen molar-refractivity contribution in [1.29, 1.82) is 0 Å². The molecule has 1 amide bonds. The number of nitrogens with zero attached hydrogens (tertiary/aromatic N) is 2. The van der Waals surface area contributed by atoms with Crippen molar-refractivity contribution in [2.75, 3.05) is 13.1 Å². The highest BCUT2D eigenvalue weighted by molar-refractivity contribution is 6.33. The lowest BCUT2D eigenvalue weighted by Crippen LogP contribution is -2.42. The number of rotatable bonds is 2. The van der Waals surface area contributed by atoms with Gasteiger partial charge in [-0.3, -0.25) is 14.9 Å². The Morgan fingerprint density at radius 1 is 1.53 bits per heavy atom. The number of amides is 1. The van der Waals surface area contributed by atoms with E-state index in [0.717, 1.165) is 0 Å². The molecule has 1 aromatic rings. The Morgan fingerprint density at radius 3 is 2.89 bits per heavy atom. The molecular formula is C12H13ClN2O4. The van der Waals surface area contributed by atoms with Gasteiger partial charge in [0.15, 0.2) is 0 Å². The van der Waals surface area contributed by atoms with Crippen LogP contribution >= 0.6 is 11.6 Å². The van der Waals surface area contributed by atoms with Crippen molar-refractivity contribution in [2.24, 2.45) is 0 Å². The highest BCUT2D eigenvalue weighted by Gasteiger charge is 2.29. The zero-order valence-corrected chi connectivity index (χ0v) is 10.8. The molecule has 19 heavy (non-hydrogen) atoms. The third-order valence-electron chi connectivity index (χ3n) is 3.08. The van der Waals surface area contributed by atoms with Gasteiger partial charge in [0.1, 0.15) is 10.6 Å². The Bertz CT molecular complexity index is 520. The van der Waals surface area contributed by atoms with Gasteiger partial charge < -0.3 is 10.0 Å². The van der Waals surface area contributed by atoms with Gasteiger partial charge in [-0.2, -0.15) is 0 Å². The summed E-state index contributed by atoms with van der Waals surface area (Å²) in [6.45, 7) is 0.683. The SMILES string of the molecule is O=C(c1cccc(Cl)c1[N+](=O)[O-])N1CCC[C@H](O)C1. The first-order valence-electron chi connectivity index (χ1n) is 5.91. The van der Waals surface area contributed by atoms with E-state index in [1.54, 1.807) is 0 Å². The Morgan fingerprint density at radius 2 is 2.26 bits per heavy atom. The van der Waals surface area contributed by atoms with E-state index < -0.39 is 16.9 Å². The van der Waals surface area contributed by atoms with E-state index in [4.69, 9.17) is 11.6 Å². The molecule has 2 rings (SSSR count). The average Bonchev–Trinajstić information content (AvgIpc) is 2.37. The van der Waals surface area contributed by atoms with E-state index in [2.05, 4.69) is 0 Å². The number of hydrogen-bond donors (Lipinski definition) is 1. The quantitative estimate of drug-likeness (QED) is 0.663. The molecule has 1 aromatic carbocycles. The van der Waals surface area contributed by atoms with Gasteiger partial charge in [-0.05, 0) is 25.0 Å². The summed E-state index contributed by atoms with van der Waals surface area (Å²) in [5.41, 5.74) is -0.416. The molecule has 1 aliphatic rings. The van der Waals surface area contributed by atoms with Crippen molar-refractivity contribution < 1.29 is 14.8 Å². The molecule has 0 unspecified atom stereocenters. The molecule has 0 aromatic heterocycles. The fraction of sp³-hybridized carbons (Fsp3) is 0.417. The van der Waals surface area contributed by atoms with Crippen LogP contribution in [0.15, 0.2) is 18.2 Å². The van der Waals surface area contributed by atoms with E-state index >= 15 is 0 Å². The number of piperidine rings is 1. The maximum atomic E-state index is 12.3. The first-order valence-corrected chi connectivity index (χ1v) is 6.28. The molecule has 6 nitrogen and oxygen atoms in total. The van der Waals surface area contributed by atoms with Crippen LogP contribution in [0.3, 0.4) is 0 Å². The molecule has 0 aliphatic carbocycles. The summed E-state index contributed by atoms with van der Waals surface area (Å²) in [7, 11) is 0. The maximum absolute atomic E-state index is 12.3. The number of para-hydroxylation sites is 1. The molecule has 1 saturated heterocycles. The number of halogens is 1. The van der Waals surface area contributed by atoms with Crippen LogP contribution in [0.1, 0.15) is 23.2 Å². The number of carbonyl (C=O) groups excluding carboxylic acids is 1. The minimum absolute atomic E-state index is 0.0356. The second-order valence-electron chi connectivity index (χ2n) is 4.44. The fourth-order valence-corrected chi connectivity index (χ4v) is 2.43. The summed E-state index contributed by atoms with van der Waals surface area (Å²) in [6.07, 6.45) is 0.749. The number of likely N-dealkylation sites (tertiary alicyclic amines) is 1. The van der Waals surface area contributed by atoms with E-state index in [-0.39, 0.29) is 22.8 Å². The topological polar surface area (TPSA) is 83.7 Å². The van der Waals surface area contributed by atoms with Gasteiger partial charge in [-0.15, -0.1) is 0 Å². The lowest BCUT2D eigenvalue weighted by atomic mass is 10.1. The van der Waals surface area contributed by atoms with Gasteiger partial charge in [0, 0.05) is 13.1 Å². The number of benzene rings is 1. The normalized spacial score (nSPS) is 19.3. The van der Waals surface area contributed by atoms with Crippen LogP contribution in [0.2, 0.25) is 5.02 Å². The zero-order chi connectivity index (χ0) is 14.0. The molecule has 0 bridgehead atoms. The fourth-order valence-electron chi connectivity index (χ4n) is 2.18. The summed E-state index contributed by atoms with van der Waals surface area (Å²) >= 11 is 5.77. The molecule has 1 atom stereocenters. The van der Waals surface area contributed by atoms with E-state index in [1.165, 1.54) is 23.1 Å². The number of nitro groups is 1. The minimum atomic E-state index is -0.657. The molecule has 1 fully saturated rings. The van der Waals surface area contributed by atoms with Crippen LogP contribution in [-0.2, 0) is 0 Å². The summed E-state index contributed by atoms with van der Waals surface area (Å²) in [5.74, 6) is -0.465. The molecule has 1 aliphatic heterocycles. The standard InChI is InChI=1S/C12H13ClN2O4/c13-10-5-1-4-9(11(10)15(18)19)12(17)14-6-2-3-8(16)7-14/h1,4-5,8,16H,2-3,6-7H2/t8-/m0/s1. The first kappa shape index (κ1) is 13.8. The van der Waals surface area contributed by atoms with Crippen molar-refractivity contribution >= 4 is 23.2 Å². The van der Waals surface area contributed by atoms with E-state index in [0.29, 0.717) is 19.4 Å². The third-order valence-corrected chi connectivity index (χ3v) is 3.39. The average molecular weight is 285 g/mol. The Balaban J connectivity index is 2.33. The molecule has 0 saturated carbocycles. The molecule has 1 heterocycles. The Labute approximate surface area is 114 Å². The number of aliphatic hydroxyl groups excluding tert-OH is 1. The molecular weight excluding hydrogens is 272 g/mol. The van der Waals surface area contributed by atoms with Gasteiger partial charge in [0.2, 0.25) is 0 Å². The van der Waals surface area contributed by atoms with Crippen LogP contribution in [-0.4, -0.2) is 40.0 Å². The predicted molar refractivity (Wildman–Crippen MR) is 69.3 cm³/mol. The molecule has 0 radical (unpaired) electrons. The highest BCUT2D eigenvalue weighted by Crippen LogP contribution is 2.29. The summed E-state index contributed by atoms with van der Waals surface area (Å²) in [4.78, 5) is 24.0. The summed E-state index contributed by atoms with van der Waals surface area (Å²) in [6, 6.07) is 4.26. The van der Waals surface area contributed by atoms with Crippen molar-refractivity contribution in [2.45, 2.75) is 18.9 Å². The van der Waals surface area contributed by atoms with Gasteiger partial charge in [-0.1, -0.05) is 17.7 Å². The highest BCUT2D eigenvalue weighted by atomic mass is 35.5. The van der Waals surface area contributed by atoms with Crippen molar-refractivity contribution in [3.8, 4) is 0 Å². The predicted octanol–water partition coefficient (Wildman–Crippen LogP) is 1.85. The monoisotopic (exact) mass is 284 g/mol. The Hall–Kier alpha value is -1.66. The van der Waals surface area contributed by atoms with Crippen LogP contribution in [0.25, 0.3) is 0 Å². The van der Waals surface area contributed by atoms with Crippen LogP contribution in [0.5, 0.6) is 0 Å². The third kappa shape index (κ3) is 2.85. The second-order valence-corrected chi connectivity index (χ2v) is 4.85. The van der Waals surface area contributed by atoms with Gasteiger partial charge in [0.25, 0.3) is 5.91 Å².